The molecule has 0 radical (unpaired) electrons. The van der Waals surface area contributed by atoms with Crippen LogP contribution < -0.4 is 53.6 Å². The number of aryl methyl sites for hydroxylation is 1. The molecule has 4 aromatic rings. The van der Waals surface area contributed by atoms with E-state index in [1.165, 1.54) is 26.6 Å². The smallest absolute Gasteiger partial charge is 0.312 e. The van der Waals surface area contributed by atoms with Crippen LogP contribution in [0, 0.1) is 41.4 Å². The first-order valence-electron chi connectivity index (χ1n) is 40.3. The second-order valence-corrected chi connectivity index (χ2v) is 33.1. The van der Waals surface area contributed by atoms with E-state index in [9.17, 15) is 61.2 Å². The Kier molecular flexibility index (Phi) is 41.7. The van der Waals surface area contributed by atoms with Crippen molar-refractivity contribution in [2.45, 2.75) is 225 Å². The fourth-order valence-electron chi connectivity index (χ4n) is 13.8. The molecule has 1 fully saturated rings. The van der Waals surface area contributed by atoms with Crippen molar-refractivity contribution in [1.82, 2.24) is 82.2 Å². The van der Waals surface area contributed by atoms with Crippen molar-refractivity contribution in [1.29, 1.82) is 0 Å². The molecule has 11 N–H and O–H groups in total. The van der Waals surface area contributed by atoms with E-state index in [1.807, 2.05) is 97.8 Å². The number of amides is 12. The van der Waals surface area contributed by atoms with Crippen LogP contribution in [-0.2, 0) is 103 Å². The van der Waals surface area contributed by atoms with Crippen molar-refractivity contribution in [3.8, 4) is 11.8 Å². The van der Waals surface area contributed by atoms with Crippen molar-refractivity contribution in [2.75, 3.05) is 86.4 Å². The molecule has 1 unspecified atom stereocenters. The average Bonchev–Trinajstić information content (AvgIpc) is 1.54. The fraction of sp³-hybridized carbons (Fsp3) is 0.622. The number of likely N-dealkylation sites (tertiary alicyclic amines) is 1. The van der Waals surface area contributed by atoms with Crippen molar-refractivity contribution in [3.05, 3.63) is 95.6 Å². The highest BCUT2D eigenvalue weighted by Gasteiger charge is 2.44. The first-order valence-corrected chi connectivity index (χ1v) is 42.2. The number of sulfone groups is 1. The van der Waals surface area contributed by atoms with Crippen molar-refractivity contribution >= 4 is 80.6 Å². The summed E-state index contributed by atoms with van der Waals surface area (Å²) in [5.41, 5.74) is 8.06. The third-order valence-corrected chi connectivity index (χ3v) is 21.3. The molecule has 0 spiro atoms. The van der Waals surface area contributed by atoms with E-state index < -0.39 is 131 Å². The SMILES string of the molecule is CC[C@H](C)[C@@H]([C@@H](CC(=O)N1CCC[C@H]1[C@H](OC)[C@@H](C)C(=O)N[C@@H](Cc1ccccc1)C(=O)NCc1ccc(NC(=O)[C@H](CCCNC(N)=O)NC(=O)[C@@H](NC(=O)COCC(=O)NCCOC(C)CCn2cc(CNC(=O)CCCC#Cc3cnc(S(C)(=O)=O)nc3)nn2)C(C)C)cc1)OC)N(C)C(=O)[C@@H](NC(=O)[C@H](C(C)C)N(C)C)C(C)C. The second kappa shape index (κ2) is 50.0. The lowest BCUT2D eigenvalue weighted by molar-refractivity contribution is -0.148. The Labute approximate surface area is 694 Å². The van der Waals surface area contributed by atoms with E-state index in [2.05, 4.69) is 80.0 Å². The third kappa shape index (κ3) is 33.0. The van der Waals surface area contributed by atoms with E-state index in [0.717, 1.165) is 11.8 Å². The van der Waals surface area contributed by atoms with Crippen molar-refractivity contribution in [3.63, 3.8) is 0 Å². The zero-order chi connectivity index (χ0) is 87.3. The summed E-state index contributed by atoms with van der Waals surface area (Å²) < 4.78 is 48.1. The normalized spacial score (nSPS) is 15.6. The topological polar surface area (TPSA) is 459 Å². The van der Waals surface area contributed by atoms with Crippen molar-refractivity contribution < 1.29 is 80.1 Å². The van der Waals surface area contributed by atoms with Gasteiger partial charge in [-0.05, 0) is 106 Å². The molecule has 1 aliphatic heterocycles. The van der Waals surface area contributed by atoms with E-state index in [-0.39, 0.29) is 118 Å². The molecule has 0 bridgehead atoms. The van der Waals surface area contributed by atoms with E-state index in [1.54, 1.807) is 72.8 Å². The van der Waals surface area contributed by atoms with Crippen LogP contribution in [-0.4, -0.2) is 255 Å². The van der Waals surface area contributed by atoms with E-state index >= 15 is 0 Å². The Morgan fingerprint density at radius 1 is 0.686 bits per heavy atom. The van der Waals surface area contributed by atoms with Crippen LogP contribution in [0.15, 0.2) is 78.3 Å². The number of methoxy groups -OCH3 is 2. The molecule has 35 nitrogen and oxygen atoms in total. The number of aromatic nitrogens is 5. The largest absolute Gasteiger partial charge is 0.379 e. The molecule has 5 rings (SSSR count). The number of rotatable bonds is 50. The summed E-state index contributed by atoms with van der Waals surface area (Å²) in [5.74, 6) is -0.417. The van der Waals surface area contributed by atoms with Crippen LogP contribution in [0.25, 0.3) is 0 Å². The molecule has 36 heteroatoms. The second-order valence-electron chi connectivity index (χ2n) is 31.2. The average molecular weight is 1670 g/mol. The summed E-state index contributed by atoms with van der Waals surface area (Å²) in [4.78, 5) is 162. The molecular formula is C82H126N18O17S. The number of ether oxygens (including phenoxy) is 4. The molecule has 2 aromatic heterocycles. The lowest BCUT2D eigenvalue weighted by atomic mass is 9.89. The fourth-order valence-corrected chi connectivity index (χ4v) is 14.3. The molecule has 2 aromatic carbocycles. The summed E-state index contributed by atoms with van der Waals surface area (Å²) in [6, 6.07) is 9.23. The zero-order valence-electron chi connectivity index (χ0n) is 71.2. The number of likely N-dealkylation sites (N-methyl/N-ethyl adjacent to an activating group) is 2. The minimum Gasteiger partial charge on any atom is -0.379 e. The van der Waals surface area contributed by atoms with Gasteiger partial charge in [-0.1, -0.05) is 128 Å². The molecule has 0 aliphatic carbocycles. The molecule has 1 saturated heterocycles. The molecular weight excluding hydrogens is 1540 g/mol. The number of urea groups is 1. The maximum absolute atomic E-state index is 14.7. The summed E-state index contributed by atoms with van der Waals surface area (Å²) in [6.45, 7) is 19.1. The molecule has 118 heavy (non-hydrogen) atoms. The summed E-state index contributed by atoms with van der Waals surface area (Å²) in [5, 5.41) is 33.1. The monoisotopic (exact) mass is 1670 g/mol. The maximum Gasteiger partial charge on any atom is 0.312 e. The standard InChI is InChI=1S/C82H126N18O17S/c1-17-54(8)73(98(13)80(110)71(52(4)5)94-79(109)72(53(6)7)97(11)12)65(114-14)43-69(104)100-39-25-30-64(100)74(115-15)56(10)75(105)92-63(42-57-26-20-18-21-27-57)76(106)87-44-58-32-34-60(35-33-58)90-77(107)62(29-24-37-85-81(83)111)91-78(108)70(51(2)3)93-68(103)50-116-49-67(102)84-38-41-117-55(9)36-40-99-48-61(95-96-99)47-86-66(101)31-23-19-22-28-59-45-88-82(89-46-59)118(16,112)113/h18,20-21,26-27,32-35,45-46,48,51-56,62-65,70-74H,17,19,23-25,29-31,36-44,47,49-50H2,1-16H3,(H,84,102)(H,86,101)(H,87,106)(H,90,107)(H,91,108)(H,92,105)(H,93,103)(H,94,109)(H3,83,85,111)/t54-,55?,56+,62-,63-,64-,65+,70-,71-,72-,73-,74+/m0/s1. The molecule has 652 valence electrons. The molecule has 12 atom stereocenters. The first kappa shape index (κ1) is 98.5. The Morgan fingerprint density at radius 2 is 1.36 bits per heavy atom. The van der Waals surface area contributed by atoms with Crippen LogP contribution in [0.1, 0.15) is 156 Å². The quantitative estimate of drug-likeness (QED) is 0.0173. The highest BCUT2D eigenvalue weighted by Crippen LogP contribution is 2.30. The lowest BCUT2D eigenvalue weighted by Gasteiger charge is -2.41. The maximum atomic E-state index is 14.7. The number of primary amides is 1. The van der Waals surface area contributed by atoms with Gasteiger partial charge in [0, 0.05) is 97.6 Å². The number of benzene rings is 2. The highest BCUT2D eigenvalue weighted by molar-refractivity contribution is 7.90. The Bertz CT molecular complexity index is 4080. The summed E-state index contributed by atoms with van der Waals surface area (Å²) in [7, 11) is 4.86. The summed E-state index contributed by atoms with van der Waals surface area (Å²) >= 11 is 0. The van der Waals surface area contributed by atoms with Gasteiger partial charge in [-0.3, -0.25) is 57.5 Å². The number of anilines is 1. The zero-order valence-corrected chi connectivity index (χ0v) is 72.1. The number of carbonyl (C=O) groups is 11. The van der Waals surface area contributed by atoms with Gasteiger partial charge in [0.25, 0.3) is 0 Å². The van der Waals surface area contributed by atoms with Crippen LogP contribution in [0.2, 0.25) is 0 Å². The van der Waals surface area contributed by atoms with Gasteiger partial charge in [-0.15, -0.1) is 5.10 Å². The van der Waals surface area contributed by atoms with Gasteiger partial charge in [-0.2, -0.15) is 0 Å². The third-order valence-electron chi connectivity index (χ3n) is 20.4. The van der Waals surface area contributed by atoms with Crippen LogP contribution in [0.4, 0.5) is 10.5 Å². The van der Waals surface area contributed by atoms with Crippen LogP contribution in [0.5, 0.6) is 0 Å². The first-order chi connectivity index (χ1) is 56.0. The van der Waals surface area contributed by atoms with Crippen LogP contribution in [0.3, 0.4) is 0 Å². The van der Waals surface area contributed by atoms with Gasteiger partial charge in [0.05, 0.1) is 73.7 Å². The predicted molar refractivity (Wildman–Crippen MR) is 441 cm³/mol. The van der Waals surface area contributed by atoms with Gasteiger partial charge in [-0.25, -0.2) is 23.2 Å². The Morgan fingerprint density at radius 3 is 1.97 bits per heavy atom. The van der Waals surface area contributed by atoms with Crippen LogP contribution >= 0.6 is 0 Å². The van der Waals surface area contributed by atoms with Gasteiger partial charge in [0.15, 0.2) is 0 Å². The Hall–Kier alpha value is -10.1. The molecule has 12 amide bonds. The Balaban J connectivity index is 1.09. The van der Waals surface area contributed by atoms with Gasteiger partial charge >= 0.3 is 6.03 Å². The van der Waals surface area contributed by atoms with E-state index in [0.29, 0.717) is 74.1 Å². The number of nitrogens with two attached hydrogens (primary N) is 1. The minimum atomic E-state index is -3.51. The number of nitrogens with zero attached hydrogens (tertiary/aromatic N) is 8. The molecule has 0 saturated carbocycles. The van der Waals surface area contributed by atoms with Gasteiger partial charge < -0.3 is 82.3 Å². The molecule has 3 heterocycles. The summed E-state index contributed by atoms with van der Waals surface area (Å²) in [6.07, 6.45) is 7.51. The predicted octanol–water partition coefficient (Wildman–Crippen LogP) is 2.94. The number of hydrogen-bond acceptors (Lipinski definition) is 22. The number of hydrogen-bond donors (Lipinski definition) is 10. The van der Waals surface area contributed by atoms with Gasteiger partial charge in [0.1, 0.15) is 43.1 Å². The minimum absolute atomic E-state index is 0.0161. The number of nitrogens with one attached hydrogen (secondary N) is 9. The molecule has 1 aliphatic rings. The lowest BCUT2D eigenvalue weighted by Crippen LogP contribution is -2.59. The van der Waals surface area contributed by atoms with Crippen molar-refractivity contribution in [2.24, 2.45) is 35.3 Å². The van der Waals surface area contributed by atoms with E-state index in [4.69, 9.17) is 24.7 Å². The number of carbonyl (C=O) groups excluding carboxylic acids is 11. The van der Waals surface area contributed by atoms with Gasteiger partial charge in [0.2, 0.25) is 74.1 Å². The highest BCUT2D eigenvalue weighted by atomic mass is 32.2. The number of unbranched alkanes of at least 4 members (excludes halogenated alkanes) is 1.